The lowest BCUT2D eigenvalue weighted by Gasteiger charge is -2.04. The van der Waals surface area contributed by atoms with Crippen LogP contribution in [0, 0.1) is 12.7 Å². The number of sulfonamides is 1. The minimum atomic E-state index is -3.91. The molecule has 1 aliphatic heterocycles. The fraction of sp³-hybridized carbons (Fsp3) is 0.364. The van der Waals surface area contributed by atoms with E-state index in [9.17, 15) is 12.8 Å². The molecule has 7 heteroatoms. The van der Waals surface area contributed by atoms with Gasteiger partial charge in [0.15, 0.2) is 0 Å². The van der Waals surface area contributed by atoms with Crippen LogP contribution in [-0.4, -0.2) is 20.4 Å². The summed E-state index contributed by atoms with van der Waals surface area (Å²) in [5.41, 5.74) is 2.89. The van der Waals surface area contributed by atoms with Crippen molar-refractivity contribution in [2.45, 2.75) is 31.3 Å². The van der Waals surface area contributed by atoms with E-state index >= 15 is 0 Å². The van der Waals surface area contributed by atoms with Crippen molar-refractivity contribution in [3.05, 3.63) is 29.6 Å². The lowest BCUT2D eigenvalue weighted by Crippen LogP contribution is -2.15. The Bertz CT molecular complexity index is 598. The summed E-state index contributed by atoms with van der Waals surface area (Å²) in [6.45, 7) is 3.38. The van der Waals surface area contributed by atoms with Crippen molar-refractivity contribution in [2.75, 3.05) is 0 Å². The molecule has 0 aromatic heterocycles. The Morgan fingerprint density at radius 1 is 1.50 bits per heavy atom. The third kappa shape index (κ3) is 2.68. The first kappa shape index (κ1) is 13.0. The zero-order valence-electron chi connectivity index (χ0n) is 9.97. The van der Waals surface area contributed by atoms with Gasteiger partial charge in [-0.2, -0.15) is 8.42 Å². The number of benzene rings is 1. The molecule has 1 saturated heterocycles. The minimum Gasteiger partial charge on any atom is -0.271 e. The van der Waals surface area contributed by atoms with Gasteiger partial charge in [0, 0.05) is 6.42 Å². The molecule has 1 fully saturated rings. The number of halogens is 1. The van der Waals surface area contributed by atoms with Crippen molar-refractivity contribution in [3.63, 3.8) is 0 Å². The average Bonchev–Trinajstić information content (AvgIpc) is 2.66. The van der Waals surface area contributed by atoms with Crippen molar-refractivity contribution in [3.8, 4) is 0 Å². The van der Waals surface area contributed by atoms with Gasteiger partial charge in [0.25, 0.3) is 10.0 Å². The number of hydrogen-bond donors (Lipinski definition) is 1. The van der Waals surface area contributed by atoms with Gasteiger partial charge in [-0.15, -0.1) is 4.40 Å². The van der Waals surface area contributed by atoms with E-state index in [0.717, 1.165) is 6.07 Å². The van der Waals surface area contributed by atoms with Crippen LogP contribution in [0.2, 0.25) is 0 Å². The fourth-order valence-electron chi connectivity index (χ4n) is 1.63. The molecule has 0 spiro atoms. The fourth-order valence-corrected chi connectivity index (χ4v) is 2.86. The number of rotatable bonds is 2. The summed E-state index contributed by atoms with van der Waals surface area (Å²) in [5.74, 6) is -0.380. The number of amidine groups is 1. The number of aryl methyl sites for hydroxylation is 1. The minimum absolute atomic E-state index is 0.128. The Balaban J connectivity index is 2.40. The zero-order valence-corrected chi connectivity index (χ0v) is 10.8. The van der Waals surface area contributed by atoms with Crippen molar-refractivity contribution < 1.29 is 17.6 Å². The summed E-state index contributed by atoms with van der Waals surface area (Å²) in [4.78, 5) is 4.85. The van der Waals surface area contributed by atoms with E-state index in [0.29, 0.717) is 12.0 Å². The van der Waals surface area contributed by atoms with E-state index < -0.39 is 15.8 Å². The zero-order chi connectivity index (χ0) is 13.3. The summed E-state index contributed by atoms with van der Waals surface area (Å²) in [6, 6.07) is 3.58. The van der Waals surface area contributed by atoms with Crippen molar-refractivity contribution in [1.29, 1.82) is 0 Å². The van der Waals surface area contributed by atoms with Crippen LogP contribution in [-0.2, 0) is 14.9 Å². The Kier molecular flexibility index (Phi) is 3.36. The molecule has 2 rings (SSSR count). The highest BCUT2D eigenvalue weighted by Gasteiger charge is 2.22. The molecule has 1 aliphatic rings. The molecule has 5 nitrogen and oxygen atoms in total. The Morgan fingerprint density at radius 3 is 2.83 bits per heavy atom. The van der Waals surface area contributed by atoms with Crippen LogP contribution < -0.4 is 5.48 Å². The van der Waals surface area contributed by atoms with Gasteiger partial charge in [0.1, 0.15) is 11.7 Å². The molecular weight excluding hydrogens is 259 g/mol. The standard InChI is InChI=1S/C11H13FN2O3S/c1-7-3-4-9(12)6-10(7)18(15,16)14-11-5-8(2)17-13-11/h3-4,6,8H,5H2,1-2H3,(H,13,14)/t8-/m0/s1. The second-order valence-electron chi connectivity index (χ2n) is 4.16. The predicted molar refractivity (Wildman–Crippen MR) is 64.1 cm³/mol. The highest BCUT2D eigenvalue weighted by molar-refractivity contribution is 7.90. The molecule has 1 aromatic carbocycles. The molecule has 0 unspecified atom stereocenters. The molecule has 1 aromatic rings. The first-order chi connectivity index (χ1) is 8.38. The Morgan fingerprint density at radius 2 is 2.22 bits per heavy atom. The third-order valence-electron chi connectivity index (χ3n) is 2.52. The lowest BCUT2D eigenvalue weighted by molar-refractivity contribution is 0.0575. The van der Waals surface area contributed by atoms with Crippen LogP contribution >= 0.6 is 0 Å². The topological polar surface area (TPSA) is 67.8 Å². The van der Waals surface area contributed by atoms with Crippen molar-refractivity contribution in [2.24, 2.45) is 4.40 Å². The van der Waals surface area contributed by atoms with E-state index in [1.807, 2.05) is 0 Å². The van der Waals surface area contributed by atoms with Gasteiger partial charge in [0.2, 0.25) is 0 Å². The van der Waals surface area contributed by atoms with Gasteiger partial charge in [-0.05, 0) is 31.5 Å². The second-order valence-corrected chi connectivity index (χ2v) is 5.73. The van der Waals surface area contributed by atoms with Crippen LogP contribution in [0.5, 0.6) is 0 Å². The summed E-state index contributed by atoms with van der Waals surface area (Å²) in [7, 11) is -3.91. The van der Waals surface area contributed by atoms with E-state index in [2.05, 4.69) is 9.88 Å². The maximum atomic E-state index is 13.1. The van der Waals surface area contributed by atoms with Crippen LogP contribution in [0.4, 0.5) is 4.39 Å². The number of hydroxylamine groups is 1. The number of nitrogens with zero attached hydrogens (tertiary/aromatic N) is 1. The van der Waals surface area contributed by atoms with Gasteiger partial charge < -0.3 is 0 Å². The Labute approximate surface area is 105 Å². The normalized spacial score (nSPS) is 22.2. The van der Waals surface area contributed by atoms with E-state index in [1.165, 1.54) is 12.1 Å². The average molecular weight is 272 g/mol. The first-order valence-electron chi connectivity index (χ1n) is 5.40. The SMILES string of the molecule is Cc1ccc(F)cc1S(=O)(=O)N=C1C[C@H](C)ON1. The molecule has 0 radical (unpaired) electrons. The largest absolute Gasteiger partial charge is 0.284 e. The number of nitrogens with one attached hydrogen (secondary N) is 1. The highest BCUT2D eigenvalue weighted by Crippen LogP contribution is 2.20. The smallest absolute Gasteiger partial charge is 0.271 e. The van der Waals surface area contributed by atoms with Gasteiger partial charge >= 0.3 is 0 Å². The molecule has 0 aliphatic carbocycles. The molecule has 98 valence electrons. The van der Waals surface area contributed by atoms with Crippen molar-refractivity contribution in [1.82, 2.24) is 5.48 Å². The third-order valence-corrected chi connectivity index (χ3v) is 3.97. The molecule has 0 amide bonds. The predicted octanol–water partition coefficient (Wildman–Crippen LogP) is 1.53. The Hall–Kier alpha value is -1.47. The summed E-state index contributed by atoms with van der Waals surface area (Å²) < 4.78 is 40.8. The molecule has 1 N–H and O–H groups in total. The van der Waals surface area contributed by atoms with Gasteiger partial charge in [-0.1, -0.05) is 6.07 Å². The maximum Gasteiger partial charge on any atom is 0.284 e. The number of hydrogen-bond acceptors (Lipinski definition) is 3. The van der Waals surface area contributed by atoms with E-state index in [-0.39, 0.29) is 16.8 Å². The molecule has 1 atom stereocenters. The van der Waals surface area contributed by atoms with Gasteiger partial charge in [0.05, 0.1) is 11.0 Å². The summed E-state index contributed by atoms with van der Waals surface area (Å²) in [5, 5.41) is 0. The monoisotopic (exact) mass is 272 g/mol. The molecule has 0 saturated carbocycles. The van der Waals surface area contributed by atoms with Crippen LogP contribution in [0.15, 0.2) is 27.5 Å². The molecular formula is C11H13FN2O3S. The van der Waals surface area contributed by atoms with Crippen LogP contribution in [0.25, 0.3) is 0 Å². The van der Waals surface area contributed by atoms with E-state index in [4.69, 9.17) is 4.84 Å². The maximum absolute atomic E-state index is 13.1. The quantitative estimate of drug-likeness (QED) is 0.886. The second kappa shape index (κ2) is 4.66. The lowest BCUT2D eigenvalue weighted by atomic mass is 10.2. The van der Waals surface area contributed by atoms with Gasteiger partial charge in [-0.25, -0.2) is 4.39 Å². The van der Waals surface area contributed by atoms with Crippen molar-refractivity contribution >= 4 is 15.9 Å². The molecule has 18 heavy (non-hydrogen) atoms. The first-order valence-corrected chi connectivity index (χ1v) is 6.84. The molecule has 0 bridgehead atoms. The van der Waals surface area contributed by atoms with Crippen LogP contribution in [0.1, 0.15) is 18.9 Å². The van der Waals surface area contributed by atoms with Gasteiger partial charge in [-0.3, -0.25) is 10.3 Å². The highest BCUT2D eigenvalue weighted by atomic mass is 32.2. The summed E-state index contributed by atoms with van der Waals surface area (Å²) >= 11 is 0. The van der Waals surface area contributed by atoms with Crippen LogP contribution in [0.3, 0.4) is 0 Å². The molecule has 1 heterocycles. The van der Waals surface area contributed by atoms with E-state index in [1.54, 1.807) is 13.8 Å². The summed E-state index contributed by atoms with van der Waals surface area (Å²) in [6.07, 6.45) is 0.251.